The normalized spacial score (nSPS) is 23.7. The molecular formula is C17H24FN3O2. The van der Waals surface area contributed by atoms with Crippen molar-refractivity contribution >= 4 is 5.91 Å². The second kappa shape index (κ2) is 7.38. The predicted molar refractivity (Wildman–Crippen MR) is 85.6 cm³/mol. The molecule has 1 amide bonds. The summed E-state index contributed by atoms with van der Waals surface area (Å²) in [5.74, 6) is -0.360. The van der Waals surface area contributed by atoms with Crippen LogP contribution < -0.4 is 5.32 Å². The third-order valence-electron chi connectivity index (χ3n) is 4.77. The van der Waals surface area contributed by atoms with E-state index in [0.29, 0.717) is 31.9 Å². The maximum absolute atomic E-state index is 14.4. The molecule has 2 aliphatic rings. The van der Waals surface area contributed by atoms with Gasteiger partial charge in [0.25, 0.3) is 0 Å². The average Bonchev–Trinajstić information content (AvgIpc) is 3.11. The molecule has 1 aromatic rings. The number of hydrogen-bond acceptors (Lipinski definition) is 4. The molecule has 1 N–H and O–H groups in total. The SMILES string of the molecule is CN(C(=O)[C@@H](c1ccccc1F)N1CCOCC1)[C@@H]1CCNC1. The first-order valence-corrected chi connectivity index (χ1v) is 8.22. The standard InChI is InChI=1S/C17H24FN3O2/c1-20(13-6-7-19-12-13)17(22)16(21-8-10-23-11-9-21)14-4-2-3-5-15(14)18/h2-5,13,16,19H,6-12H2,1H3/t13-,16-/m1/s1. The molecule has 0 radical (unpaired) electrons. The summed E-state index contributed by atoms with van der Waals surface area (Å²) in [7, 11) is 1.83. The van der Waals surface area contributed by atoms with Crippen LogP contribution in [0.4, 0.5) is 4.39 Å². The Morgan fingerprint density at radius 1 is 1.39 bits per heavy atom. The zero-order chi connectivity index (χ0) is 16.2. The number of halogens is 1. The number of nitrogens with one attached hydrogen (secondary N) is 1. The van der Waals surface area contributed by atoms with Gasteiger partial charge in [-0.25, -0.2) is 4.39 Å². The van der Waals surface area contributed by atoms with Crippen molar-refractivity contribution < 1.29 is 13.9 Å². The Morgan fingerprint density at radius 2 is 2.13 bits per heavy atom. The Morgan fingerprint density at radius 3 is 2.78 bits per heavy atom. The van der Waals surface area contributed by atoms with Crippen LogP contribution in [0, 0.1) is 5.82 Å². The van der Waals surface area contributed by atoms with Crippen LogP contribution in [0.5, 0.6) is 0 Å². The minimum atomic E-state index is -0.578. The molecule has 6 heteroatoms. The molecular weight excluding hydrogens is 297 g/mol. The Balaban J connectivity index is 1.87. The second-order valence-corrected chi connectivity index (χ2v) is 6.17. The molecule has 0 saturated carbocycles. The lowest BCUT2D eigenvalue weighted by Crippen LogP contribution is -2.49. The fourth-order valence-corrected chi connectivity index (χ4v) is 3.36. The quantitative estimate of drug-likeness (QED) is 0.899. The molecule has 0 bridgehead atoms. The predicted octanol–water partition coefficient (Wildman–Crippen LogP) is 1.02. The van der Waals surface area contributed by atoms with E-state index in [1.807, 2.05) is 11.9 Å². The van der Waals surface area contributed by atoms with Gasteiger partial charge in [0.2, 0.25) is 5.91 Å². The third kappa shape index (κ3) is 3.54. The average molecular weight is 321 g/mol. The Labute approximate surface area is 136 Å². The number of rotatable bonds is 4. The number of morpholine rings is 1. The van der Waals surface area contributed by atoms with Crippen molar-refractivity contribution in [2.24, 2.45) is 0 Å². The van der Waals surface area contributed by atoms with E-state index in [0.717, 1.165) is 19.5 Å². The van der Waals surface area contributed by atoms with E-state index in [9.17, 15) is 9.18 Å². The number of hydrogen-bond donors (Lipinski definition) is 1. The lowest BCUT2D eigenvalue weighted by molar-refractivity contribution is -0.139. The highest BCUT2D eigenvalue weighted by Gasteiger charge is 2.35. The summed E-state index contributed by atoms with van der Waals surface area (Å²) in [5, 5.41) is 3.28. The van der Waals surface area contributed by atoms with Crippen LogP contribution in [0.15, 0.2) is 24.3 Å². The van der Waals surface area contributed by atoms with E-state index >= 15 is 0 Å². The lowest BCUT2D eigenvalue weighted by Gasteiger charge is -2.37. The molecule has 2 atom stereocenters. The maximum atomic E-state index is 14.4. The van der Waals surface area contributed by atoms with E-state index in [-0.39, 0.29) is 17.8 Å². The van der Waals surface area contributed by atoms with Crippen LogP contribution in [0.2, 0.25) is 0 Å². The Bertz CT molecular complexity index is 542. The van der Waals surface area contributed by atoms with E-state index < -0.39 is 6.04 Å². The van der Waals surface area contributed by atoms with Gasteiger partial charge in [-0.1, -0.05) is 18.2 Å². The minimum Gasteiger partial charge on any atom is -0.379 e. The van der Waals surface area contributed by atoms with Crippen molar-refractivity contribution in [3.05, 3.63) is 35.6 Å². The number of likely N-dealkylation sites (N-methyl/N-ethyl adjacent to an activating group) is 1. The van der Waals surface area contributed by atoms with Crippen LogP contribution >= 0.6 is 0 Å². The highest BCUT2D eigenvalue weighted by Crippen LogP contribution is 2.27. The zero-order valence-electron chi connectivity index (χ0n) is 13.5. The molecule has 2 aliphatic heterocycles. The Hall–Kier alpha value is -1.50. The van der Waals surface area contributed by atoms with Crippen LogP contribution in [-0.2, 0) is 9.53 Å². The van der Waals surface area contributed by atoms with Crippen LogP contribution in [0.3, 0.4) is 0 Å². The molecule has 0 unspecified atom stereocenters. The summed E-state index contributed by atoms with van der Waals surface area (Å²) < 4.78 is 19.7. The molecule has 23 heavy (non-hydrogen) atoms. The first-order valence-electron chi connectivity index (χ1n) is 8.22. The van der Waals surface area contributed by atoms with Gasteiger partial charge in [-0.3, -0.25) is 9.69 Å². The third-order valence-corrected chi connectivity index (χ3v) is 4.77. The first kappa shape index (κ1) is 16.4. The number of ether oxygens (including phenoxy) is 1. The van der Waals surface area contributed by atoms with Gasteiger partial charge in [0.15, 0.2) is 0 Å². The molecule has 126 valence electrons. The molecule has 2 saturated heterocycles. The summed E-state index contributed by atoms with van der Waals surface area (Å²) in [6, 6.07) is 6.19. The minimum absolute atomic E-state index is 0.0364. The summed E-state index contributed by atoms with van der Waals surface area (Å²) in [6.07, 6.45) is 0.940. The number of amides is 1. The summed E-state index contributed by atoms with van der Waals surface area (Å²) >= 11 is 0. The van der Waals surface area contributed by atoms with E-state index in [1.54, 1.807) is 23.1 Å². The summed E-state index contributed by atoms with van der Waals surface area (Å²) in [6.45, 7) is 4.16. The van der Waals surface area contributed by atoms with Crippen molar-refractivity contribution in [2.45, 2.75) is 18.5 Å². The maximum Gasteiger partial charge on any atom is 0.244 e. The molecule has 0 spiro atoms. The number of carbonyl (C=O) groups is 1. The van der Waals surface area contributed by atoms with Crippen LogP contribution in [0.25, 0.3) is 0 Å². The summed E-state index contributed by atoms with van der Waals surface area (Å²) in [4.78, 5) is 16.9. The van der Waals surface area contributed by atoms with Gasteiger partial charge >= 0.3 is 0 Å². The van der Waals surface area contributed by atoms with E-state index in [1.165, 1.54) is 6.07 Å². The Kier molecular flexibility index (Phi) is 5.25. The fraction of sp³-hybridized carbons (Fsp3) is 0.588. The van der Waals surface area contributed by atoms with Gasteiger partial charge in [0.1, 0.15) is 11.9 Å². The second-order valence-electron chi connectivity index (χ2n) is 6.17. The molecule has 0 aromatic heterocycles. The van der Waals surface area contributed by atoms with Crippen molar-refractivity contribution in [1.82, 2.24) is 15.1 Å². The van der Waals surface area contributed by atoms with Gasteiger partial charge < -0.3 is 15.0 Å². The van der Waals surface area contributed by atoms with Gasteiger partial charge in [-0.15, -0.1) is 0 Å². The van der Waals surface area contributed by atoms with E-state index in [4.69, 9.17) is 4.74 Å². The molecule has 1 aromatic carbocycles. The summed E-state index contributed by atoms with van der Waals surface area (Å²) in [5.41, 5.74) is 0.456. The van der Waals surface area contributed by atoms with Crippen LogP contribution in [-0.4, -0.2) is 68.2 Å². The highest BCUT2D eigenvalue weighted by atomic mass is 19.1. The van der Waals surface area contributed by atoms with Gasteiger partial charge in [-0.05, 0) is 19.0 Å². The first-order chi connectivity index (χ1) is 11.2. The van der Waals surface area contributed by atoms with Gasteiger partial charge in [-0.2, -0.15) is 0 Å². The molecule has 0 aliphatic carbocycles. The number of nitrogens with zero attached hydrogens (tertiary/aromatic N) is 2. The largest absolute Gasteiger partial charge is 0.379 e. The van der Waals surface area contributed by atoms with Gasteiger partial charge in [0, 0.05) is 38.3 Å². The van der Waals surface area contributed by atoms with Gasteiger partial charge in [0.05, 0.1) is 13.2 Å². The topological polar surface area (TPSA) is 44.8 Å². The monoisotopic (exact) mass is 321 g/mol. The number of carbonyl (C=O) groups excluding carboxylic acids is 1. The lowest BCUT2D eigenvalue weighted by atomic mass is 10.0. The van der Waals surface area contributed by atoms with Crippen LogP contribution in [0.1, 0.15) is 18.0 Å². The van der Waals surface area contributed by atoms with Crippen molar-refractivity contribution in [2.75, 3.05) is 46.4 Å². The fourth-order valence-electron chi connectivity index (χ4n) is 3.36. The van der Waals surface area contributed by atoms with Crippen molar-refractivity contribution in [1.29, 1.82) is 0 Å². The smallest absolute Gasteiger partial charge is 0.244 e. The molecule has 5 nitrogen and oxygen atoms in total. The highest BCUT2D eigenvalue weighted by molar-refractivity contribution is 5.83. The van der Waals surface area contributed by atoms with Crippen molar-refractivity contribution in [3.8, 4) is 0 Å². The van der Waals surface area contributed by atoms with Crippen molar-refractivity contribution in [3.63, 3.8) is 0 Å². The molecule has 2 heterocycles. The van der Waals surface area contributed by atoms with E-state index in [2.05, 4.69) is 5.32 Å². The molecule has 2 fully saturated rings. The molecule has 3 rings (SSSR count). The zero-order valence-corrected chi connectivity index (χ0v) is 13.5. The number of benzene rings is 1.